The summed E-state index contributed by atoms with van der Waals surface area (Å²) in [5.41, 5.74) is 4.57. The number of benzene rings is 2. The molecule has 6 rings (SSSR count). The topological polar surface area (TPSA) is 35.1 Å². The second-order valence-corrected chi connectivity index (χ2v) is 7.12. The second kappa shape index (κ2) is 4.13. The van der Waals surface area contributed by atoms with Crippen molar-refractivity contribution in [2.24, 2.45) is 7.05 Å². The Hall–Kier alpha value is -2.92. The number of hydrogen-bond acceptors (Lipinski definition) is 3. The molecule has 0 saturated carbocycles. The zero-order valence-electron chi connectivity index (χ0n) is 12.9. The normalized spacial score (nSPS) is 12.4. The van der Waals surface area contributed by atoms with Crippen LogP contribution in [0.1, 0.15) is 0 Å². The zero-order chi connectivity index (χ0) is 15.8. The molecule has 0 atom stereocenters. The van der Waals surface area contributed by atoms with Crippen molar-refractivity contribution in [1.29, 1.82) is 0 Å². The molecule has 0 spiro atoms. The van der Waals surface area contributed by atoms with E-state index in [2.05, 4.69) is 63.5 Å². The van der Waals surface area contributed by atoms with Crippen molar-refractivity contribution in [3.8, 4) is 0 Å². The quantitative estimate of drug-likeness (QED) is 0.403. The molecule has 5 heteroatoms. The first-order valence-electron chi connectivity index (χ1n) is 7.84. The summed E-state index contributed by atoms with van der Waals surface area (Å²) in [7, 11) is 2.07. The standard InChI is InChI=1S/C19H12N4S/c1-22-14-6-2-3-7-15(14)23-16-9-12-11-5-4-8-20-18(11)24-17(12)10-13(16)21-19(22)23/h2-10H,1H3. The number of hydrogen-bond donors (Lipinski definition) is 0. The van der Waals surface area contributed by atoms with Gasteiger partial charge in [0.15, 0.2) is 0 Å². The molecule has 0 unspecified atom stereocenters. The van der Waals surface area contributed by atoms with Gasteiger partial charge in [-0.05, 0) is 36.4 Å². The fraction of sp³-hybridized carbons (Fsp3) is 0.0526. The van der Waals surface area contributed by atoms with Crippen molar-refractivity contribution >= 4 is 59.5 Å². The third-order valence-corrected chi connectivity index (χ3v) is 5.87. The lowest BCUT2D eigenvalue weighted by Gasteiger charge is -1.96. The Morgan fingerprint density at radius 2 is 1.79 bits per heavy atom. The summed E-state index contributed by atoms with van der Waals surface area (Å²) < 4.78 is 5.65. The minimum Gasteiger partial charge on any atom is -0.313 e. The van der Waals surface area contributed by atoms with Gasteiger partial charge in [0.05, 0.1) is 22.1 Å². The van der Waals surface area contributed by atoms with Crippen LogP contribution in [-0.4, -0.2) is 18.9 Å². The highest BCUT2D eigenvalue weighted by molar-refractivity contribution is 7.25. The Labute approximate surface area is 140 Å². The fourth-order valence-electron chi connectivity index (χ4n) is 3.68. The van der Waals surface area contributed by atoms with Gasteiger partial charge in [0.2, 0.25) is 5.78 Å². The predicted molar refractivity (Wildman–Crippen MR) is 99.9 cm³/mol. The van der Waals surface area contributed by atoms with Crippen molar-refractivity contribution in [3.05, 3.63) is 54.7 Å². The maximum atomic E-state index is 4.88. The Bertz CT molecular complexity index is 1420. The largest absolute Gasteiger partial charge is 0.313 e. The van der Waals surface area contributed by atoms with Gasteiger partial charge in [-0.2, -0.15) is 0 Å². The van der Waals surface area contributed by atoms with E-state index in [-0.39, 0.29) is 0 Å². The Balaban J connectivity index is 1.89. The van der Waals surface area contributed by atoms with Gasteiger partial charge in [0.1, 0.15) is 4.83 Å². The van der Waals surface area contributed by atoms with E-state index < -0.39 is 0 Å². The SMILES string of the molecule is Cn1c2ccccc2n2c3cc4c(cc3nc12)sc1ncccc14. The van der Waals surface area contributed by atoms with Gasteiger partial charge in [0.25, 0.3) is 0 Å². The number of pyridine rings is 1. The van der Waals surface area contributed by atoms with Gasteiger partial charge < -0.3 is 4.57 Å². The lowest BCUT2D eigenvalue weighted by atomic mass is 10.2. The van der Waals surface area contributed by atoms with Crippen molar-refractivity contribution in [2.75, 3.05) is 0 Å². The molecule has 2 aromatic carbocycles. The number of aromatic nitrogens is 4. The van der Waals surface area contributed by atoms with Crippen LogP contribution in [0.5, 0.6) is 0 Å². The van der Waals surface area contributed by atoms with Crippen LogP contribution in [0.15, 0.2) is 54.7 Å². The number of imidazole rings is 2. The molecule has 6 aromatic rings. The molecule has 114 valence electrons. The lowest BCUT2D eigenvalue weighted by Crippen LogP contribution is -1.87. The van der Waals surface area contributed by atoms with Crippen LogP contribution in [0.25, 0.3) is 48.1 Å². The van der Waals surface area contributed by atoms with Crippen LogP contribution in [0.3, 0.4) is 0 Å². The molecule has 0 N–H and O–H groups in total. The molecular weight excluding hydrogens is 316 g/mol. The number of nitrogens with zero attached hydrogens (tertiary/aromatic N) is 4. The first-order valence-corrected chi connectivity index (χ1v) is 8.66. The molecule has 0 aliphatic carbocycles. The van der Waals surface area contributed by atoms with Crippen LogP contribution >= 0.6 is 11.3 Å². The first kappa shape index (κ1) is 12.5. The fourth-order valence-corrected chi connectivity index (χ4v) is 4.73. The van der Waals surface area contributed by atoms with Crippen LogP contribution < -0.4 is 0 Å². The van der Waals surface area contributed by atoms with Gasteiger partial charge in [0, 0.05) is 28.7 Å². The Morgan fingerprint density at radius 3 is 2.71 bits per heavy atom. The summed E-state index contributed by atoms with van der Waals surface area (Å²) in [4.78, 5) is 10.5. The Morgan fingerprint density at radius 1 is 0.917 bits per heavy atom. The minimum absolute atomic E-state index is 0.978. The van der Waals surface area contributed by atoms with Crippen LogP contribution in [-0.2, 0) is 7.05 Å². The summed E-state index contributed by atoms with van der Waals surface area (Å²) in [5.74, 6) is 0.978. The highest BCUT2D eigenvalue weighted by atomic mass is 32.1. The van der Waals surface area contributed by atoms with E-state index in [1.54, 1.807) is 11.3 Å². The van der Waals surface area contributed by atoms with E-state index in [4.69, 9.17) is 4.98 Å². The van der Waals surface area contributed by atoms with E-state index in [1.807, 2.05) is 12.3 Å². The summed E-state index contributed by atoms with van der Waals surface area (Å²) >= 11 is 1.73. The van der Waals surface area contributed by atoms with Crippen molar-refractivity contribution in [3.63, 3.8) is 0 Å². The molecule has 0 bridgehead atoms. The number of para-hydroxylation sites is 2. The highest BCUT2D eigenvalue weighted by Gasteiger charge is 2.15. The van der Waals surface area contributed by atoms with E-state index >= 15 is 0 Å². The molecule has 0 saturated heterocycles. The third-order valence-electron chi connectivity index (χ3n) is 4.79. The number of rotatable bonds is 0. The van der Waals surface area contributed by atoms with Crippen LogP contribution in [0.4, 0.5) is 0 Å². The molecule has 0 aliphatic heterocycles. The smallest absolute Gasteiger partial charge is 0.215 e. The van der Waals surface area contributed by atoms with E-state index in [9.17, 15) is 0 Å². The van der Waals surface area contributed by atoms with Gasteiger partial charge in [-0.3, -0.25) is 4.40 Å². The number of fused-ring (bicyclic) bond motifs is 8. The average molecular weight is 328 g/mol. The lowest BCUT2D eigenvalue weighted by molar-refractivity contribution is 0.974. The molecule has 24 heavy (non-hydrogen) atoms. The molecule has 0 fully saturated rings. The maximum Gasteiger partial charge on any atom is 0.215 e. The summed E-state index contributed by atoms with van der Waals surface area (Å²) in [5, 5.41) is 2.47. The summed E-state index contributed by atoms with van der Waals surface area (Å²) in [6.45, 7) is 0. The van der Waals surface area contributed by atoms with Crippen molar-refractivity contribution in [1.82, 2.24) is 18.9 Å². The minimum atomic E-state index is 0.978. The highest BCUT2D eigenvalue weighted by Crippen LogP contribution is 2.36. The number of thiophene rings is 1. The van der Waals surface area contributed by atoms with Gasteiger partial charge in [-0.15, -0.1) is 11.3 Å². The van der Waals surface area contributed by atoms with Crippen molar-refractivity contribution < 1.29 is 0 Å². The number of aryl methyl sites for hydroxylation is 1. The molecule has 0 radical (unpaired) electrons. The Kier molecular flexibility index (Phi) is 2.15. The third kappa shape index (κ3) is 1.39. The summed E-state index contributed by atoms with van der Waals surface area (Å²) in [6, 6.07) is 17.0. The van der Waals surface area contributed by atoms with Gasteiger partial charge in [-0.1, -0.05) is 12.1 Å². The van der Waals surface area contributed by atoms with Crippen LogP contribution in [0, 0.1) is 0 Å². The molecule has 0 aliphatic rings. The second-order valence-electron chi connectivity index (χ2n) is 6.09. The van der Waals surface area contributed by atoms with Gasteiger partial charge >= 0.3 is 0 Å². The average Bonchev–Trinajstić information content (AvgIpc) is 3.24. The predicted octanol–water partition coefficient (Wildman–Crippen LogP) is 4.74. The first-order chi connectivity index (χ1) is 11.8. The van der Waals surface area contributed by atoms with E-state index in [0.717, 1.165) is 21.6 Å². The van der Waals surface area contributed by atoms with Crippen molar-refractivity contribution in [2.45, 2.75) is 0 Å². The zero-order valence-corrected chi connectivity index (χ0v) is 13.7. The van der Waals surface area contributed by atoms with E-state index in [1.165, 1.54) is 26.5 Å². The van der Waals surface area contributed by atoms with E-state index in [0.29, 0.717) is 0 Å². The molecule has 4 heterocycles. The van der Waals surface area contributed by atoms with Crippen LogP contribution in [0.2, 0.25) is 0 Å². The maximum absolute atomic E-state index is 4.88. The monoisotopic (exact) mass is 328 g/mol. The molecule has 4 aromatic heterocycles. The van der Waals surface area contributed by atoms with Gasteiger partial charge in [-0.25, -0.2) is 9.97 Å². The summed E-state index contributed by atoms with van der Waals surface area (Å²) in [6.07, 6.45) is 1.85. The molecule has 4 nitrogen and oxygen atoms in total. The molecular formula is C19H12N4S. The molecule has 0 amide bonds.